The number of rotatable bonds is 6. The van der Waals surface area contributed by atoms with Gasteiger partial charge in [0.15, 0.2) is 0 Å². The number of benzene rings is 2. The molecule has 2 aromatic rings. The highest BCUT2D eigenvalue weighted by molar-refractivity contribution is 6.40. The molecule has 0 radical (unpaired) electrons. The van der Waals surface area contributed by atoms with Gasteiger partial charge in [0.1, 0.15) is 17.7 Å². The third-order valence-electron chi connectivity index (χ3n) is 5.73. The largest absolute Gasteiger partial charge is 0.334 e. The summed E-state index contributed by atoms with van der Waals surface area (Å²) in [6.07, 6.45) is 6.92. The van der Waals surface area contributed by atoms with Gasteiger partial charge in [0.2, 0.25) is 5.70 Å². The van der Waals surface area contributed by atoms with Crippen LogP contribution in [0.4, 0.5) is 20.6 Å². The van der Waals surface area contributed by atoms with E-state index in [2.05, 4.69) is 25.9 Å². The van der Waals surface area contributed by atoms with E-state index in [0.717, 1.165) is 29.8 Å². The van der Waals surface area contributed by atoms with E-state index in [1.54, 1.807) is 36.8 Å². The van der Waals surface area contributed by atoms with Crippen LogP contribution in [0.3, 0.4) is 0 Å². The smallest absolute Gasteiger partial charge is 0.333 e. The average molecular weight is 460 g/mol. The minimum absolute atomic E-state index is 0.182. The molecule has 9 nitrogen and oxygen atoms in total. The highest BCUT2D eigenvalue weighted by Crippen LogP contribution is 2.43. The molecule has 172 valence electrons. The number of nitrogens with zero attached hydrogens (tertiary/aromatic N) is 3. The molecule has 1 atom stereocenters. The molecule has 2 aliphatic heterocycles. The van der Waals surface area contributed by atoms with Gasteiger partial charge in [-0.15, -0.1) is 4.59 Å². The summed E-state index contributed by atoms with van der Waals surface area (Å²) in [6, 6.07) is 12.2. The summed E-state index contributed by atoms with van der Waals surface area (Å²) >= 11 is 0. The monoisotopic (exact) mass is 460 g/mol. The van der Waals surface area contributed by atoms with E-state index in [1.807, 2.05) is 6.07 Å². The number of fused-ring (bicyclic) bond motifs is 1. The Morgan fingerprint density at radius 2 is 1.88 bits per heavy atom. The molecule has 1 fully saturated rings. The van der Waals surface area contributed by atoms with Crippen LogP contribution in [0.2, 0.25) is 0 Å². The number of allylic oxidation sites excluding steroid dienone is 2. The number of urea groups is 1. The van der Waals surface area contributed by atoms with E-state index in [9.17, 15) is 14.0 Å². The Labute approximate surface area is 195 Å². The van der Waals surface area contributed by atoms with Crippen LogP contribution in [0.15, 0.2) is 82.3 Å². The molecule has 1 aliphatic carbocycles. The van der Waals surface area contributed by atoms with E-state index in [-0.39, 0.29) is 22.8 Å². The summed E-state index contributed by atoms with van der Waals surface area (Å²) in [5, 5.41) is 8.23. The zero-order chi connectivity index (χ0) is 23.7. The molecule has 0 saturated heterocycles. The molecule has 0 bridgehead atoms. The number of amides is 3. The molecule has 5 rings (SSSR count). The maximum absolute atomic E-state index is 13.1. The first-order chi connectivity index (χ1) is 16.4. The van der Waals surface area contributed by atoms with Gasteiger partial charge in [-0.25, -0.2) is 9.18 Å². The number of carbonyl (C=O) groups is 2. The second-order valence-electron chi connectivity index (χ2n) is 8.30. The lowest BCUT2D eigenvalue weighted by atomic mass is 10.2. The maximum Gasteiger partial charge on any atom is 0.333 e. The molecule has 10 heteroatoms. The van der Waals surface area contributed by atoms with Crippen LogP contribution < -0.4 is 21.8 Å². The SMILES string of the molecule is N[N+]12C=CN=CC1=C(C1CC1)N=C2C(=O)Nc1cccc(CNC(=O)Nc2ccc(F)cc2)c1. The van der Waals surface area contributed by atoms with Crippen molar-refractivity contribution < 1.29 is 18.6 Å². The van der Waals surface area contributed by atoms with Crippen molar-refractivity contribution in [3.8, 4) is 0 Å². The highest BCUT2D eigenvalue weighted by Gasteiger charge is 2.50. The summed E-state index contributed by atoms with van der Waals surface area (Å²) in [5.41, 5.74) is 3.35. The van der Waals surface area contributed by atoms with Crippen LogP contribution in [-0.2, 0) is 11.3 Å². The van der Waals surface area contributed by atoms with E-state index in [4.69, 9.17) is 5.84 Å². The summed E-state index contributed by atoms with van der Waals surface area (Å²) in [5.74, 6) is 6.25. The standard InChI is InChI=1S/C24H22FN7O2/c25-17-6-8-18(9-7-17)30-24(34)28-13-15-2-1-3-19(12-15)29-23(33)22-31-21(16-4-5-16)20-14-27-10-11-32(20,22)26/h1-3,6-12,14,16H,4-5,13,26H2,(H2-,28,29,30,33,34)/p+1. The lowest BCUT2D eigenvalue weighted by molar-refractivity contribution is -0.749. The fourth-order valence-electron chi connectivity index (χ4n) is 3.84. The van der Waals surface area contributed by atoms with E-state index >= 15 is 0 Å². The third-order valence-corrected chi connectivity index (χ3v) is 5.73. The van der Waals surface area contributed by atoms with Gasteiger partial charge in [0, 0.05) is 23.8 Å². The van der Waals surface area contributed by atoms with Gasteiger partial charge in [-0.1, -0.05) is 12.1 Å². The minimum atomic E-state index is -0.430. The van der Waals surface area contributed by atoms with Crippen molar-refractivity contribution in [3.05, 3.63) is 83.7 Å². The number of nitrogens with two attached hydrogens (primary N) is 1. The summed E-state index contributed by atoms with van der Waals surface area (Å²) in [4.78, 5) is 34.0. The zero-order valence-electron chi connectivity index (χ0n) is 18.2. The molecule has 2 aromatic carbocycles. The number of nitrogens with one attached hydrogen (secondary N) is 3. The minimum Gasteiger partial charge on any atom is -0.334 e. The molecule has 0 spiro atoms. The van der Waals surface area contributed by atoms with Gasteiger partial charge in [-0.05, 0) is 54.8 Å². The van der Waals surface area contributed by atoms with Crippen molar-refractivity contribution in [1.82, 2.24) is 5.32 Å². The first-order valence-electron chi connectivity index (χ1n) is 10.9. The number of aliphatic imine (C=N–C) groups is 2. The topological polar surface area (TPSA) is 121 Å². The molecule has 3 amide bonds. The Bertz CT molecular complexity index is 1280. The van der Waals surface area contributed by atoms with Gasteiger partial charge in [0.25, 0.3) is 0 Å². The molecule has 3 aliphatic rings. The molecule has 1 unspecified atom stereocenters. The third kappa shape index (κ3) is 4.36. The Morgan fingerprint density at radius 3 is 2.65 bits per heavy atom. The Balaban J connectivity index is 1.23. The Kier molecular flexibility index (Phi) is 5.52. The van der Waals surface area contributed by atoms with Crippen molar-refractivity contribution in [2.24, 2.45) is 21.7 Å². The quantitative estimate of drug-likeness (QED) is 0.391. The number of quaternary nitrogens is 1. The van der Waals surface area contributed by atoms with Crippen LogP contribution in [0.5, 0.6) is 0 Å². The summed E-state index contributed by atoms with van der Waals surface area (Å²) in [6.45, 7) is 0.227. The Morgan fingerprint density at radius 1 is 1.09 bits per heavy atom. The van der Waals surface area contributed by atoms with E-state index in [0.29, 0.717) is 17.3 Å². The van der Waals surface area contributed by atoms with Crippen molar-refractivity contribution in [2.45, 2.75) is 19.4 Å². The van der Waals surface area contributed by atoms with Crippen molar-refractivity contribution in [2.75, 3.05) is 10.6 Å². The van der Waals surface area contributed by atoms with Gasteiger partial charge in [-0.3, -0.25) is 9.79 Å². The number of hydrogen-bond acceptors (Lipinski definition) is 5. The molecule has 34 heavy (non-hydrogen) atoms. The summed E-state index contributed by atoms with van der Waals surface area (Å²) < 4.78 is 12.7. The van der Waals surface area contributed by atoms with Crippen molar-refractivity contribution >= 4 is 35.4 Å². The predicted molar refractivity (Wildman–Crippen MR) is 127 cm³/mol. The molecular weight excluding hydrogens is 437 g/mol. The molecule has 2 heterocycles. The normalized spacial score (nSPS) is 20.6. The number of hydrogen-bond donors (Lipinski definition) is 4. The summed E-state index contributed by atoms with van der Waals surface area (Å²) in [7, 11) is 0. The van der Waals surface area contributed by atoms with Crippen LogP contribution in [0.1, 0.15) is 18.4 Å². The maximum atomic E-state index is 13.1. The molecular formula is C24H23FN7O2+. The highest BCUT2D eigenvalue weighted by atomic mass is 19.1. The first-order valence-corrected chi connectivity index (χ1v) is 10.9. The van der Waals surface area contributed by atoms with Gasteiger partial charge in [0.05, 0.1) is 12.4 Å². The lowest BCUT2D eigenvalue weighted by Gasteiger charge is -2.25. The van der Waals surface area contributed by atoms with Crippen molar-refractivity contribution in [3.63, 3.8) is 0 Å². The number of anilines is 2. The lowest BCUT2D eigenvalue weighted by Crippen LogP contribution is -2.56. The second-order valence-corrected chi connectivity index (χ2v) is 8.30. The van der Waals surface area contributed by atoms with E-state index < -0.39 is 11.9 Å². The van der Waals surface area contributed by atoms with E-state index in [1.165, 1.54) is 24.3 Å². The van der Waals surface area contributed by atoms with Crippen LogP contribution in [-0.4, -0.2) is 28.6 Å². The predicted octanol–water partition coefficient (Wildman–Crippen LogP) is 3.37. The molecule has 5 N–H and O–H groups in total. The number of carbonyl (C=O) groups excluding carboxylic acids is 2. The zero-order valence-corrected chi connectivity index (χ0v) is 18.2. The Hall–Kier alpha value is -4.15. The number of amidine groups is 1. The van der Waals surface area contributed by atoms with Gasteiger partial charge >= 0.3 is 17.8 Å². The molecule has 1 saturated carbocycles. The first kappa shape index (κ1) is 21.7. The number of halogens is 1. The van der Waals surface area contributed by atoms with Crippen LogP contribution >= 0.6 is 0 Å². The van der Waals surface area contributed by atoms with Gasteiger partial charge in [-0.2, -0.15) is 10.8 Å². The fourth-order valence-corrected chi connectivity index (χ4v) is 3.84. The average Bonchev–Trinajstić information content (AvgIpc) is 3.61. The fraction of sp³-hybridized carbons (Fsp3) is 0.167. The van der Waals surface area contributed by atoms with Crippen LogP contribution in [0, 0.1) is 11.7 Å². The van der Waals surface area contributed by atoms with Gasteiger partial charge < -0.3 is 16.0 Å². The molecule has 0 aromatic heterocycles. The van der Waals surface area contributed by atoms with Crippen molar-refractivity contribution in [1.29, 1.82) is 0 Å². The van der Waals surface area contributed by atoms with Crippen LogP contribution in [0.25, 0.3) is 0 Å². The second kappa shape index (κ2) is 8.65.